The van der Waals surface area contributed by atoms with Crippen molar-refractivity contribution in [1.82, 2.24) is 24.9 Å². The van der Waals surface area contributed by atoms with Crippen molar-refractivity contribution >= 4 is 11.7 Å². The number of carbonyl (C=O) groups excluding carboxylic acids is 1. The van der Waals surface area contributed by atoms with Crippen molar-refractivity contribution in [3.05, 3.63) is 66.1 Å². The van der Waals surface area contributed by atoms with E-state index in [0.29, 0.717) is 42.4 Å². The zero-order valence-electron chi connectivity index (χ0n) is 15.9. The van der Waals surface area contributed by atoms with E-state index in [1.54, 1.807) is 35.5 Å². The number of likely N-dealkylation sites (N-methyl/N-ethyl adjacent to an activating group) is 2. The van der Waals surface area contributed by atoms with Crippen LogP contribution in [0.5, 0.6) is 0 Å². The number of nitrogens with zero attached hydrogens (tertiary/aromatic N) is 7. The van der Waals surface area contributed by atoms with Crippen LogP contribution in [-0.4, -0.2) is 57.5 Å². The third kappa shape index (κ3) is 4.15. The summed E-state index contributed by atoms with van der Waals surface area (Å²) in [5.74, 6) is 0.617. The quantitative estimate of drug-likeness (QED) is 0.628. The Morgan fingerprint density at radius 2 is 1.86 bits per heavy atom. The average Bonchev–Trinajstić information content (AvgIpc) is 3.28. The number of nitriles is 1. The summed E-state index contributed by atoms with van der Waals surface area (Å²) in [6.07, 6.45) is 3.16. The molecule has 0 aliphatic rings. The molecule has 142 valence electrons. The number of pyridine rings is 1. The second-order valence-electron chi connectivity index (χ2n) is 6.13. The monoisotopic (exact) mass is 375 g/mol. The third-order valence-electron chi connectivity index (χ3n) is 4.38. The van der Waals surface area contributed by atoms with E-state index in [1.165, 1.54) is 4.80 Å². The summed E-state index contributed by atoms with van der Waals surface area (Å²) >= 11 is 0. The predicted molar refractivity (Wildman–Crippen MR) is 105 cm³/mol. The number of carbonyl (C=O) groups is 1. The predicted octanol–water partition coefficient (Wildman–Crippen LogP) is 2.13. The molecule has 0 radical (unpaired) electrons. The van der Waals surface area contributed by atoms with Crippen LogP contribution < -0.4 is 4.90 Å². The minimum absolute atomic E-state index is 0.0810. The summed E-state index contributed by atoms with van der Waals surface area (Å²) in [7, 11) is 1.89. The SMILES string of the molecule is CCN(CCN(C)c1cccc(C#N)n1)C(=O)c1ccccc1-n1nccn1. The Morgan fingerprint density at radius 3 is 2.57 bits per heavy atom. The number of para-hydroxylation sites is 1. The Kier molecular flexibility index (Phi) is 5.97. The van der Waals surface area contributed by atoms with Crippen molar-refractivity contribution < 1.29 is 4.79 Å². The summed E-state index contributed by atoms with van der Waals surface area (Å²) in [4.78, 5) is 22.6. The van der Waals surface area contributed by atoms with Crippen LogP contribution in [0.2, 0.25) is 0 Å². The van der Waals surface area contributed by atoms with Crippen LogP contribution >= 0.6 is 0 Å². The van der Waals surface area contributed by atoms with Crippen LogP contribution in [0.1, 0.15) is 23.0 Å². The lowest BCUT2D eigenvalue weighted by atomic mass is 10.1. The molecule has 0 spiro atoms. The van der Waals surface area contributed by atoms with E-state index in [9.17, 15) is 4.79 Å². The number of rotatable bonds is 7. The van der Waals surface area contributed by atoms with Crippen molar-refractivity contribution in [2.75, 3.05) is 31.6 Å². The maximum atomic E-state index is 13.1. The van der Waals surface area contributed by atoms with E-state index in [0.717, 1.165) is 0 Å². The van der Waals surface area contributed by atoms with Gasteiger partial charge in [-0.15, -0.1) is 0 Å². The number of benzene rings is 1. The van der Waals surface area contributed by atoms with Crippen LogP contribution in [0, 0.1) is 11.3 Å². The van der Waals surface area contributed by atoms with Gasteiger partial charge in [-0.1, -0.05) is 18.2 Å². The number of anilines is 1. The number of hydrogen-bond acceptors (Lipinski definition) is 6. The summed E-state index contributed by atoms with van der Waals surface area (Å²) in [5, 5.41) is 17.3. The Morgan fingerprint density at radius 1 is 1.11 bits per heavy atom. The highest BCUT2D eigenvalue weighted by atomic mass is 16.2. The molecule has 0 fully saturated rings. The number of aromatic nitrogens is 4. The van der Waals surface area contributed by atoms with E-state index in [1.807, 2.05) is 49.2 Å². The Labute approximate surface area is 163 Å². The van der Waals surface area contributed by atoms with E-state index >= 15 is 0 Å². The maximum Gasteiger partial charge on any atom is 0.256 e. The average molecular weight is 375 g/mol. The van der Waals surface area contributed by atoms with Gasteiger partial charge in [-0.25, -0.2) is 4.98 Å². The van der Waals surface area contributed by atoms with E-state index in [2.05, 4.69) is 15.2 Å². The molecule has 3 rings (SSSR count). The highest BCUT2D eigenvalue weighted by Gasteiger charge is 2.19. The first-order chi connectivity index (χ1) is 13.6. The van der Waals surface area contributed by atoms with Gasteiger partial charge in [-0.3, -0.25) is 4.79 Å². The number of amides is 1. The molecular formula is C20H21N7O. The molecule has 2 aromatic heterocycles. The molecule has 0 bridgehead atoms. The van der Waals surface area contributed by atoms with Crippen molar-refractivity contribution in [3.8, 4) is 11.8 Å². The molecule has 0 saturated carbocycles. The van der Waals surface area contributed by atoms with Gasteiger partial charge in [-0.05, 0) is 31.2 Å². The molecule has 8 nitrogen and oxygen atoms in total. The van der Waals surface area contributed by atoms with Crippen LogP contribution in [0.4, 0.5) is 5.82 Å². The van der Waals surface area contributed by atoms with E-state index in [4.69, 9.17) is 5.26 Å². The van der Waals surface area contributed by atoms with Gasteiger partial charge in [-0.2, -0.15) is 20.3 Å². The molecule has 1 amide bonds. The van der Waals surface area contributed by atoms with Gasteiger partial charge in [0.25, 0.3) is 5.91 Å². The molecule has 0 aliphatic heterocycles. The molecule has 3 aromatic rings. The Bertz CT molecular complexity index is 978. The van der Waals surface area contributed by atoms with Gasteiger partial charge in [0.2, 0.25) is 0 Å². The van der Waals surface area contributed by atoms with Crippen molar-refractivity contribution in [2.24, 2.45) is 0 Å². The first-order valence-corrected chi connectivity index (χ1v) is 8.97. The maximum absolute atomic E-state index is 13.1. The molecule has 0 N–H and O–H groups in total. The van der Waals surface area contributed by atoms with Crippen molar-refractivity contribution in [1.29, 1.82) is 5.26 Å². The molecule has 0 unspecified atom stereocenters. The number of hydrogen-bond donors (Lipinski definition) is 0. The molecule has 8 heteroatoms. The first kappa shape index (κ1) is 19.0. The van der Waals surface area contributed by atoms with Crippen molar-refractivity contribution in [3.63, 3.8) is 0 Å². The molecule has 0 aliphatic carbocycles. The van der Waals surface area contributed by atoms with Crippen LogP contribution in [0.3, 0.4) is 0 Å². The summed E-state index contributed by atoms with van der Waals surface area (Å²) < 4.78 is 0. The first-order valence-electron chi connectivity index (χ1n) is 8.97. The summed E-state index contributed by atoms with van der Waals surface area (Å²) in [6, 6.07) is 14.6. The summed E-state index contributed by atoms with van der Waals surface area (Å²) in [5.41, 5.74) is 1.56. The minimum atomic E-state index is -0.0810. The Hall–Kier alpha value is -3.73. The standard InChI is InChI=1S/C20H21N7O/c1-3-26(14-13-25(2)19-10-6-7-16(15-21)24-19)20(28)17-8-4-5-9-18(17)27-22-11-12-23-27/h4-12H,3,13-14H2,1-2H3. The molecule has 1 aromatic carbocycles. The largest absolute Gasteiger partial charge is 0.358 e. The zero-order valence-corrected chi connectivity index (χ0v) is 15.9. The van der Waals surface area contributed by atoms with Gasteiger partial charge >= 0.3 is 0 Å². The fourth-order valence-electron chi connectivity index (χ4n) is 2.83. The van der Waals surface area contributed by atoms with E-state index in [-0.39, 0.29) is 5.91 Å². The van der Waals surface area contributed by atoms with Gasteiger partial charge in [0.1, 0.15) is 17.6 Å². The lowest BCUT2D eigenvalue weighted by molar-refractivity contribution is 0.0768. The lowest BCUT2D eigenvalue weighted by Gasteiger charge is -2.26. The zero-order chi connectivity index (χ0) is 19.9. The van der Waals surface area contributed by atoms with Crippen molar-refractivity contribution in [2.45, 2.75) is 6.92 Å². The van der Waals surface area contributed by atoms with Crippen LogP contribution in [-0.2, 0) is 0 Å². The van der Waals surface area contributed by atoms with E-state index < -0.39 is 0 Å². The van der Waals surface area contributed by atoms with Gasteiger partial charge < -0.3 is 9.80 Å². The molecule has 0 atom stereocenters. The molecule has 0 saturated heterocycles. The molecule has 28 heavy (non-hydrogen) atoms. The molecule has 2 heterocycles. The second kappa shape index (κ2) is 8.77. The topological polar surface area (TPSA) is 90.9 Å². The second-order valence-corrected chi connectivity index (χ2v) is 6.13. The third-order valence-corrected chi connectivity index (χ3v) is 4.38. The highest BCUT2D eigenvalue weighted by molar-refractivity contribution is 5.97. The normalized spacial score (nSPS) is 10.3. The fourth-order valence-corrected chi connectivity index (χ4v) is 2.83. The fraction of sp³-hybridized carbons (Fsp3) is 0.250. The summed E-state index contributed by atoms with van der Waals surface area (Å²) in [6.45, 7) is 3.62. The smallest absolute Gasteiger partial charge is 0.256 e. The van der Waals surface area contributed by atoms with Gasteiger partial charge in [0.15, 0.2) is 0 Å². The van der Waals surface area contributed by atoms with Crippen LogP contribution in [0.15, 0.2) is 54.9 Å². The Balaban J connectivity index is 1.74. The molecular weight excluding hydrogens is 354 g/mol. The highest BCUT2D eigenvalue weighted by Crippen LogP contribution is 2.15. The lowest BCUT2D eigenvalue weighted by Crippen LogP contribution is -2.38. The van der Waals surface area contributed by atoms with Gasteiger partial charge in [0, 0.05) is 26.7 Å². The van der Waals surface area contributed by atoms with Crippen LogP contribution in [0.25, 0.3) is 5.69 Å². The van der Waals surface area contributed by atoms with Gasteiger partial charge in [0.05, 0.1) is 23.6 Å². The minimum Gasteiger partial charge on any atom is -0.358 e.